The molecule has 0 aliphatic heterocycles. The Labute approximate surface area is 115 Å². The highest BCUT2D eigenvalue weighted by Gasteiger charge is 2.25. The van der Waals surface area contributed by atoms with Gasteiger partial charge in [0.2, 0.25) is 0 Å². The highest BCUT2D eigenvalue weighted by atomic mass is 19.4. The summed E-state index contributed by atoms with van der Waals surface area (Å²) in [5.41, 5.74) is 0.519. The van der Waals surface area contributed by atoms with Crippen LogP contribution < -0.4 is 4.74 Å². The molecule has 0 bridgehead atoms. The lowest BCUT2D eigenvalue weighted by molar-refractivity contribution is -0.137. The van der Waals surface area contributed by atoms with E-state index in [2.05, 4.69) is 0 Å². The van der Waals surface area contributed by atoms with Gasteiger partial charge < -0.3 is 9.47 Å². The van der Waals surface area contributed by atoms with Crippen LogP contribution in [0.5, 0.6) is 5.75 Å². The second kappa shape index (κ2) is 8.43. The maximum absolute atomic E-state index is 11.8. The SMILES string of the molecule is N#Cc1cccc(OCCCOCCCC(F)(F)F)c1. The Kier molecular flexibility index (Phi) is 6.88. The lowest BCUT2D eigenvalue weighted by Gasteiger charge is -2.08. The molecule has 0 saturated carbocycles. The van der Waals surface area contributed by atoms with Crippen molar-refractivity contribution in [2.75, 3.05) is 19.8 Å². The minimum atomic E-state index is -4.11. The van der Waals surface area contributed by atoms with E-state index in [-0.39, 0.29) is 13.0 Å². The van der Waals surface area contributed by atoms with Gasteiger partial charge in [-0.25, -0.2) is 0 Å². The molecule has 0 fully saturated rings. The minimum Gasteiger partial charge on any atom is -0.493 e. The Morgan fingerprint density at radius 1 is 1.10 bits per heavy atom. The molecule has 0 heterocycles. The van der Waals surface area contributed by atoms with Gasteiger partial charge in [0.05, 0.1) is 18.2 Å². The maximum atomic E-state index is 11.8. The largest absolute Gasteiger partial charge is 0.493 e. The van der Waals surface area contributed by atoms with Gasteiger partial charge in [-0.05, 0) is 24.6 Å². The molecule has 0 radical (unpaired) electrons. The van der Waals surface area contributed by atoms with E-state index in [1.54, 1.807) is 24.3 Å². The summed E-state index contributed by atoms with van der Waals surface area (Å²) in [5.74, 6) is 0.598. The van der Waals surface area contributed by atoms with E-state index in [0.29, 0.717) is 30.9 Å². The van der Waals surface area contributed by atoms with Crippen LogP contribution in [0.1, 0.15) is 24.8 Å². The number of hydrogen-bond acceptors (Lipinski definition) is 3. The van der Waals surface area contributed by atoms with Crippen LogP contribution in [0.3, 0.4) is 0 Å². The molecule has 6 heteroatoms. The van der Waals surface area contributed by atoms with E-state index in [4.69, 9.17) is 14.7 Å². The number of ether oxygens (including phenoxy) is 2. The lowest BCUT2D eigenvalue weighted by atomic mass is 10.2. The molecule has 0 spiro atoms. The van der Waals surface area contributed by atoms with Gasteiger partial charge in [0, 0.05) is 26.1 Å². The van der Waals surface area contributed by atoms with Gasteiger partial charge in [-0.2, -0.15) is 18.4 Å². The van der Waals surface area contributed by atoms with Crippen molar-refractivity contribution in [2.24, 2.45) is 0 Å². The molecule has 0 aliphatic rings. The topological polar surface area (TPSA) is 42.2 Å². The summed E-state index contributed by atoms with van der Waals surface area (Å²) in [4.78, 5) is 0. The third-order valence-electron chi connectivity index (χ3n) is 2.41. The fourth-order valence-electron chi connectivity index (χ4n) is 1.48. The number of benzene rings is 1. The van der Waals surface area contributed by atoms with Crippen LogP contribution in [0.2, 0.25) is 0 Å². The average molecular weight is 287 g/mol. The van der Waals surface area contributed by atoms with Gasteiger partial charge in [0.25, 0.3) is 0 Å². The first-order valence-corrected chi connectivity index (χ1v) is 6.29. The molecule has 0 N–H and O–H groups in total. The van der Waals surface area contributed by atoms with Crippen molar-refractivity contribution in [3.05, 3.63) is 29.8 Å². The van der Waals surface area contributed by atoms with Crippen molar-refractivity contribution < 1.29 is 22.6 Å². The number of alkyl halides is 3. The highest BCUT2D eigenvalue weighted by molar-refractivity contribution is 5.36. The van der Waals surface area contributed by atoms with Crippen molar-refractivity contribution in [1.29, 1.82) is 5.26 Å². The lowest BCUT2D eigenvalue weighted by Crippen LogP contribution is -2.09. The van der Waals surface area contributed by atoms with Crippen LogP contribution in [0, 0.1) is 11.3 Å². The first kappa shape index (κ1) is 16.3. The molecule has 1 rings (SSSR count). The highest BCUT2D eigenvalue weighted by Crippen LogP contribution is 2.21. The molecule has 0 atom stereocenters. The van der Waals surface area contributed by atoms with E-state index in [1.807, 2.05) is 6.07 Å². The third-order valence-corrected chi connectivity index (χ3v) is 2.41. The zero-order chi connectivity index (χ0) is 14.8. The van der Waals surface area contributed by atoms with Crippen LogP contribution in [0.25, 0.3) is 0 Å². The molecular formula is C14H16F3NO2. The Morgan fingerprint density at radius 2 is 1.85 bits per heavy atom. The van der Waals surface area contributed by atoms with E-state index in [9.17, 15) is 13.2 Å². The summed E-state index contributed by atoms with van der Waals surface area (Å²) in [6.45, 7) is 0.855. The van der Waals surface area contributed by atoms with Gasteiger partial charge in [0.15, 0.2) is 0 Å². The monoisotopic (exact) mass is 287 g/mol. The zero-order valence-corrected chi connectivity index (χ0v) is 10.9. The molecule has 110 valence electrons. The van der Waals surface area contributed by atoms with Gasteiger partial charge >= 0.3 is 6.18 Å². The number of hydrogen-bond donors (Lipinski definition) is 0. The van der Waals surface area contributed by atoms with Gasteiger partial charge in [-0.15, -0.1) is 0 Å². The smallest absolute Gasteiger partial charge is 0.389 e. The Hall–Kier alpha value is -1.74. The number of nitriles is 1. The molecule has 3 nitrogen and oxygen atoms in total. The molecular weight excluding hydrogens is 271 g/mol. The van der Waals surface area contributed by atoms with Crippen molar-refractivity contribution >= 4 is 0 Å². The normalized spacial score (nSPS) is 11.1. The van der Waals surface area contributed by atoms with E-state index >= 15 is 0 Å². The first-order valence-electron chi connectivity index (χ1n) is 6.29. The van der Waals surface area contributed by atoms with Gasteiger partial charge in [-0.1, -0.05) is 6.07 Å². The quantitative estimate of drug-likeness (QED) is 0.685. The van der Waals surface area contributed by atoms with Crippen LogP contribution in [0.4, 0.5) is 13.2 Å². The number of nitrogens with zero attached hydrogens (tertiary/aromatic N) is 1. The summed E-state index contributed by atoms with van der Waals surface area (Å²) in [7, 11) is 0. The zero-order valence-electron chi connectivity index (χ0n) is 10.9. The summed E-state index contributed by atoms with van der Waals surface area (Å²) in [5, 5.41) is 8.71. The molecule has 1 aromatic rings. The number of halogens is 3. The van der Waals surface area contributed by atoms with E-state index in [0.717, 1.165) is 0 Å². The average Bonchev–Trinajstić information content (AvgIpc) is 2.41. The van der Waals surface area contributed by atoms with Crippen molar-refractivity contribution in [3.63, 3.8) is 0 Å². The van der Waals surface area contributed by atoms with Crippen LogP contribution in [-0.2, 0) is 4.74 Å². The van der Waals surface area contributed by atoms with Crippen LogP contribution >= 0.6 is 0 Å². The fraction of sp³-hybridized carbons (Fsp3) is 0.500. The molecule has 20 heavy (non-hydrogen) atoms. The molecule has 0 amide bonds. The van der Waals surface area contributed by atoms with Gasteiger partial charge in [-0.3, -0.25) is 0 Å². The molecule has 0 aromatic heterocycles. The van der Waals surface area contributed by atoms with Gasteiger partial charge in [0.1, 0.15) is 5.75 Å². The number of rotatable bonds is 8. The fourth-order valence-corrected chi connectivity index (χ4v) is 1.48. The maximum Gasteiger partial charge on any atom is 0.389 e. The minimum absolute atomic E-state index is 0.0193. The standard InChI is InChI=1S/C14H16F3NO2/c15-14(16,17)6-2-7-19-8-3-9-20-13-5-1-4-12(10-13)11-18/h1,4-5,10H,2-3,6-9H2. The summed E-state index contributed by atoms with van der Waals surface area (Å²) in [6.07, 6.45) is -4.36. The second-order valence-corrected chi connectivity index (χ2v) is 4.17. The second-order valence-electron chi connectivity index (χ2n) is 4.17. The Balaban J connectivity index is 2.04. The van der Waals surface area contributed by atoms with Crippen molar-refractivity contribution in [3.8, 4) is 11.8 Å². The van der Waals surface area contributed by atoms with E-state index < -0.39 is 12.6 Å². The molecule has 0 aliphatic carbocycles. The van der Waals surface area contributed by atoms with Crippen molar-refractivity contribution in [2.45, 2.75) is 25.4 Å². The first-order chi connectivity index (χ1) is 9.51. The molecule has 0 saturated heterocycles. The summed E-state index contributed by atoms with van der Waals surface area (Å²) in [6, 6.07) is 8.78. The van der Waals surface area contributed by atoms with Crippen molar-refractivity contribution in [1.82, 2.24) is 0 Å². The van der Waals surface area contributed by atoms with Crippen LogP contribution in [-0.4, -0.2) is 26.0 Å². The molecule has 1 aromatic carbocycles. The predicted molar refractivity (Wildman–Crippen MR) is 67.4 cm³/mol. The summed E-state index contributed by atoms with van der Waals surface area (Å²) >= 11 is 0. The Bertz CT molecular complexity index is 441. The Morgan fingerprint density at radius 3 is 2.55 bits per heavy atom. The predicted octanol–water partition coefficient (Wildman–Crippen LogP) is 3.69. The van der Waals surface area contributed by atoms with Crippen LogP contribution in [0.15, 0.2) is 24.3 Å². The van der Waals surface area contributed by atoms with E-state index in [1.165, 1.54) is 0 Å². The third kappa shape index (κ3) is 7.64. The summed E-state index contributed by atoms with van der Waals surface area (Å²) < 4.78 is 46.0. The molecule has 0 unspecified atom stereocenters.